The van der Waals surface area contributed by atoms with Gasteiger partial charge in [-0.2, -0.15) is 0 Å². The van der Waals surface area contributed by atoms with Crippen molar-refractivity contribution in [3.05, 3.63) is 11.9 Å². The van der Waals surface area contributed by atoms with Gasteiger partial charge in [-0.15, -0.1) is 5.10 Å². The molecule has 1 amide bonds. The van der Waals surface area contributed by atoms with Gasteiger partial charge in [-0.1, -0.05) is 12.1 Å². The van der Waals surface area contributed by atoms with Crippen LogP contribution in [0.4, 0.5) is 4.39 Å². The summed E-state index contributed by atoms with van der Waals surface area (Å²) in [5.74, 6) is -0.101. The zero-order chi connectivity index (χ0) is 17.4. The molecule has 3 rings (SSSR count). The molecule has 0 spiro atoms. The Morgan fingerprint density at radius 1 is 1.33 bits per heavy atom. The van der Waals surface area contributed by atoms with Crippen LogP contribution < -0.4 is 0 Å². The van der Waals surface area contributed by atoms with E-state index in [4.69, 9.17) is 4.74 Å². The number of amides is 1. The molecule has 3 heterocycles. The van der Waals surface area contributed by atoms with E-state index in [0.29, 0.717) is 58.2 Å². The first kappa shape index (κ1) is 17.3. The molecule has 2 fully saturated rings. The number of alkyl halides is 1. The van der Waals surface area contributed by atoms with Gasteiger partial charge in [0.05, 0.1) is 26.0 Å². The highest BCUT2D eigenvalue weighted by Gasteiger charge is 2.34. The van der Waals surface area contributed by atoms with Crippen molar-refractivity contribution in [2.75, 3.05) is 45.9 Å². The first-order valence-electron chi connectivity index (χ1n) is 8.43. The summed E-state index contributed by atoms with van der Waals surface area (Å²) in [7, 11) is 0. The summed E-state index contributed by atoms with van der Waals surface area (Å²) in [6, 6.07) is 0. The number of carbonyl (C=O) groups excluding carboxylic acids is 1. The van der Waals surface area contributed by atoms with Gasteiger partial charge < -0.3 is 9.64 Å². The highest BCUT2D eigenvalue weighted by molar-refractivity contribution is 5.92. The van der Waals surface area contributed by atoms with Crippen LogP contribution in [-0.2, 0) is 11.3 Å². The van der Waals surface area contributed by atoms with Crippen molar-refractivity contribution in [3.8, 4) is 0 Å². The zero-order valence-corrected chi connectivity index (χ0v) is 14.7. The first-order chi connectivity index (χ1) is 11.2. The van der Waals surface area contributed by atoms with E-state index in [9.17, 15) is 9.18 Å². The third kappa shape index (κ3) is 4.10. The van der Waals surface area contributed by atoms with E-state index in [1.807, 2.05) is 0 Å². The van der Waals surface area contributed by atoms with Gasteiger partial charge in [0.2, 0.25) is 0 Å². The number of ether oxygens (including phenoxy) is 1. The van der Waals surface area contributed by atoms with E-state index in [0.717, 1.165) is 0 Å². The van der Waals surface area contributed by atoms with E-state index in [2.05, 4.69) is 22.1 Å². The Bertz CT molecular complexity index is 586. The van der Waals surface area contributed by atoms with Crippen molar-refractivity contribution < 1.29 is 13.9 Å². The van der Waals surface area contributed by atoms with Gasteiger partial charge in [-0.3, -0.25) is 14.4 Å². The van der Waals surface area contributed by atoms with E-state index >= 15 is 0 Å². The number of piperazine rings is 1. The van der Waals surface area contributed by atoms with Crippen LogP contribution >= 0.6 is 0 Å². The Labute approximate surface area is 141 Å². The summed E-state index contributed by atoms with van der Waals surface area (Å²) in [4.78, 5) is 16.4. The summed E-state index contributed by atoms with van der Waals surface area (Å²) in [5, 5.41) is 8.09. The maximum atomic E-state index is 13.7. The van der Waals surface area contributed by atoms with Crippen molar-refractivity contribution in [1.29, 1.82) is 0 Å². The van der Waals surface area contributed by atoms with Crippen LogP contribution in [0, 0.1) is 5.41 Å². The summed E-state index contributed by atoms with van der Waals surface area (Å²) in [5.41, 5.74) is -0.757. The van der Waals surface area contributed by atoms with E-state index < -0.39 is 5.67 Å². The molecule has 7 nitrogen and oxygen atoms in total. The average molecular weight is 339 g/mol. The van der Waals surface area contributed by atoms with Crippen LogP contribution in [0.25, 0.3) is 0 Å². The fraction of sp³-hybridized carbons (Fsp3) is 0.812. The summed E-state index contributed by atoms with van der Waals surface area (Å²) in [6.07, 6.45) is 1.71. The van der Waals surface area contributed by atoms with Crippen molar-refractivity contribution in [3.63, 3.8) is 0 Å². The molecule has 0 N–H and O–H groups in total. The Morgan fingerprint density at radius 2 is 2.00 bits per heavy atom. The van der Waals surface area contributed by atoms with Crippen molar-refractivity contribution in [2.24, 2.45) is 5.41 Å². The molecule has 0 saturated carbocycles. The predicted octanol–water partition coefficient (Wildman–Crippen LogP) is 0.821. The average Bonchev–Trinajstić information content (AvgIpc) is 2.92. The largest absolute Gasteiger partial charge is 0.380 e. The number of aromatic nitrogens is 3. The number of carbonyl (C=O) groups is 1. The van der Waals surface area contributed by atoms with Gasteiger partial charge in [0.25, 0.3) is 5.91 Å². The van der Waals surface area contributed by atoms with Crippen LogP contribution in [-0.4, -0.2) is 82.3 Å². The molecule has 2 aliphatic rings. The summed E-state index contributed by atoms with van der Waals surface area (Å²) >= 11 is 0. The topological polar surface area (TPSA) is 63.5 Å². The fourth-order valence-electron chi connectivity index (χ4n) is 3.21. The molecule has 8 heteroatoms. The Morgan fingerprint density at radius 3 is 2.54 bits per heavy atom. The van der Waals surface area contributed by atoms with Crippen LogP contribution in [0.1, 0.15) is 31.3 Å². The van der Waals surface area contributed by atoms with Crippen LogP contribution in [0.5, 0.6) is 0 Å². The third-order valence-electron chi connectivity index (χ3n) is 4.46. The predicted molar refractivity (Wildman–Crippen MR) is 86.5 cm³/mol. The quantitative estimate of drug-likeness (QED) is 0.795. The van der Waals surface area contributed by atoms with Crippen molar-refractivity contribution in [1.82, 2.24) is 24.8 Å². The van der Waals surface area contributed by atoms with Gasteiger partial charge in [0.1, 0.15) is 5.67 Å². The molecular weight excluding hydrogens is 313 g/mol. The lowest BCUT2D eigenvalue weighted by Gasteiger charge is -2.37. The normalized spacial score (nSPS) is 21.6. The lowest BCUT2D eigenvalue weighted by Crippen LogP contribution is -2.51. The second-order valence-electron chi connectivity index (χ2n) is 7.89. The summed E-state index contributed by atoms with van der Waals surface area (Å²) in [6.45, 7) is 10.4. The molecule has 2 saturated heterocycles. The molecule has 0 aromatic carbocycles. The molecular formula is C16H26FN5O2. The first-order valence-corrected chi connectivity index (χ1v) is 8.43. The second kappa shape index (κ2) is 6.40. The second-order valence-corrected chi connectivity index (χ2v) is 7.89. The molecule has 0 radical (unpaired) electrons. The van der Waals surface area contributed by atoms with E-state index in [1.54, 1.807) is 29.6 Å². The molecule has 1 aromatic heterocycles. The maximum Gasteiger partial charge on any atom is 0.276 e. The molecule has 0 bridgehead atoms. The summed E-state index contributed by atoms with van der Waals surface area (Å²) < 4.78 is 20.7. The number of halogens is 1. The number of hydrogen-bond donors (Lipinski definition) is 0. The molecule has 24 heavy (non-hydrogen) atoms. The lowest BCUT2D eigenvalue weighted by atomic mass is 9.89. The van der Waals surface area contributed by atoms with Crippen molar-refractivity contribution in [2.45, 2.75) is 33.0 Å². The van der Waals surface area contributed by atoms with Crippen LogP contribution in [0.3, 0.4) is 0 Å². The highest BCUT2D eigenvalue weighted by atomic mass is 19.1. The number of rotatable bonds is 5. The minimum Gasteiger partial charge on any atom is -0.380 e. The molecule has 1 aromatic rings. The Balaban J connectivity index is 1.53. The van der Waals surface area contributed by atoms with Gasteiger partial charge in [0.15, 0.2) is 5.69 Å². The monoisotopic (exact) mass is 339 g/mol. The molecule has 0 aliphatic carbocycles. The molecule has 0 unspecified atom stereocenters. The zero-order valence-electron chi connectivity index (χ0n) is 14.7. The fourth-order valence-corrected chi connectivity index (χ4v) is 3.21. The molecule has 134 valence electrons. The lowest BCUT2D eigenvalue weighted by molar-refractivity contribution is -0.111. The smallest absolute Gasteiger partial charge is 0.276 e. The standard InChI is InChI=1S/C16H26FN5O2/c1-15(2,17)9-20-4-6-21(7-5-20)14(23)13-8-22(19-18-13)10-16(3)11-24-12-16/h8H,4-7,9-12H2,1-3H3. The number of hydrogen-bond acceptors (Lipinski definition) is 5. The van der Waals surface area contributed by atoms with Crippen LogP contribution in [0.2, 0.25) is 0 Å². The highest BCUT2D eigenvalue weighted by Crippen LogP contribution is 2.28. The third-order valence-corrected chi connectivity index (χ3v) is 4.46. The Hall–Kier alpha value is -1.54. The van der Waals surface area contributed by atoms with E-state index in [-0.39, 0.29) is 11.3 Å². The minimum atomic E-state index is -1.21. The van der Waals surface area contributed by atoms with Crippen LogP contribution in [0.15, 0.2) is 6.20 Å². The minimum absolute atomic E-state index is 0.0822. The van der Waals surface area contributed by atoms with Gasteiger partial charge in [-0.05, 0) is 13.8 Å². The van der Waals surface area contributed by atoms with Crippen molar-refractivity contribution >= 4 is 5.91 Å². The number of nitrogens with zero attached hydrogens (tertiary/aromatic N) is 5. The van der Waals surface area contributed by atoms with Gasteiger partial charge >= 0.3 is 0 Å². The molecule has 0 atom stereocenters. The van der Waals surface area contributed by atoms with Gasteiger partial charge in [0, 0.05) is 38.1 Å². The SMILES string of the molecule is CC(C)(F)CN1CCN(C(=O)c2cn(CC3(C)COC3)nn2)CC1. The van der Waals surface area contributed by atoms with Gasteiger partial charge in [-0.25, -0.2) is 4.39 Å². The molecule has 2 aliphatic heterocycles. The van der Waals surface area contributed by atoms with E-state index in [1.165, 1.54) is 0 Å². The maximum absolute atomic E-state index is 13.7. The Kier molecular flexibility index (Phi) is 4.61.